The number of nitrogens with one attached hydrogen (secondary N) is 1. The van der Waals surface area contributed by atoms with Crippen molar-refractivity contribution in [3.8, 4) is 0 Å². The molecule has 0 radical (unpaired) electrons. The predicted molar refractivity (Wildman–Crippen MR) is 85.7 cm³/mol. The Hall–Kier alpha value is -1.47. The summed E-state index contributed by atoms with van der Waals surface area (Å²) in [5.41, 5.74) is -0.376. The zero-order valence-corrected chi connectivity index (χ0v) is 13.8. The third kappa shape index (κ3) is 3.64. The average molecular weight is 381 g/mol. The van der Waals surface area contributed by atoms with E-state index in [4.69, 9.17) is 39.9 Å². The van der Waals surface area contributed by atoms with Gasteiger partial charge in [-0.3, -0.25) is 4.72 Å². The van der Waals surface area contributed by atoms with Gasteiger partial charge >= 0.3 is 5.97 Å². The molecule has 5 nitrogen and oxygen atoms in total. The van der Waals surface area contributed by atoms with Gasteiger partial charge in [0.15, 0.2) is 0 Å². The largest absolute Gasteiger partial charge is 0.478 e. The number of carbonyl (C=O) groups is 1. The lowest BCUT2D eigenvalue weighted by Gasteiger charge is -2.11. The fourth-order valence-electron chi connectivity index (χ4n) is 1.63. The van der Waals surface area contributed by atoms with E-state index < -0.39 is 16.0 Å². The van der Waals surface area contributed by atoms with Crippen LogP contribution in [-0.2, 0) is 10.0 Å². The standard InChI is InChI=1S/C13H8Cl3NO4S/c14-7-1-4-12(9(5-7)13(18)19)17-22(20,21)8-2-3-10(15)11(16)6-8/h1-6,17H,(H,18,19). The van der Waals surface area contributed by atoms with Gasteiger partial charge in [0.25, 0.3) is 10.0 Å². The number of sulfonamides is 1. The van der Waals surface area contributed by atoms with Crippen molar-refractivity contribution in [2.24, 2.45) is 0 Å². The summed E-state index contributed by atoms with van der Waals surface area (Å²) in [6, 6.07) is 7.55. The smallest absolute Gasteiger partial charge is 0.337 e. The topological polar surface area (TPSA) is 83.5 Å². The van der Waals surface area contributed by atoms with Crippen LogP contribution in [-0.4, -0.2) is 19.5 Å². The molecule has 9 heteroatoms. The monoisotopic (exact) mass is 379 g/mol. The molecule has 0 spiro atoms. The number of rotatable bonds is 4. The Labute approximate surface area is 141 Å². The highest BCUT2D eigenvalue weighted by Crippen LogP contribution is 2.27. The average Bonchev–Trinajstić information content (AvgIpc) is 2.43. The Morgan fingerprint density at radius 1 is 1.00 bits per heavy atom. The van der Waals surface area contributed by atoms with Crippen molar-refractivity contribution in [2.75, 3.05) is 4.72 Å². The highest BCUT2D eigenvalue weighted by molar-refractivity contribution is 7.92. The van der Waals surface area contributed by atoms with Crippen LogP contribution in [0, 0.1) is 0 Å². The van der Waals surface area contributed by atoms with E-state index in [-0.39, 0.29) is 31.2 Å². The van der Waals surface area contributed by atoms with Crippen molar-refractivity contribution in [1.29, 1.82) is 0 Å². The van der Waals surface area contributed by atoms with Crippen LogP contribution in [0.4, 0.5) is 5.69 Å². The number of hydrogen-bond donors (Lipinski definition) is 2. The van der Waals surface area contributed by atoms with E-state index in [0.29, 0.717) is 0 Å². The lowest BCUT2D eigenvalue weighted by molar-refractivity contribution is 0.0698. The quantitative estimate of drug-likeness (QED) is 0.835. The van der Waals surface area contributed by atoms with Crippen molar-refractivity contribution in [1.82, 2.24) is 0 Å². The third-order valence-corrected chi connectivity index (χ3v) is 5.00. The van der Waals surface area contributed by atoms with Crippen molar-refractivity contribution in [3.05, 3.63) is 57.0 Å². The molecule has 0 bridgehead atoms. The van der Waals surface area contributed by atoms with Crippen LogP contribution in [0.25, 0.3) is 0 Å². The van der Waals surface area contributed by atoms with E-state index >= 15 is 0 Å². The number of aromatic carboxylic acids is 1. The summed E-state index contributed by atoms with van der Waals surface area (Å²) in [5.74, 6) is -1.31. The van der Waals surface area contributed by atoms with Crippen molar-refractivity contribution < 1.29 is 18.3 Å². The van der Waals surface area contributed by atoms with E-state index in [2.05, 4.69) is 4.72 Å². The van der Waals surface area contributed by atoms with Gasteiger partial charge in [-0.15, -0.1) is 0 Å². The molecule has 0 amide bonds. The maximum atomic E-state index is 12.3. The summed E-state index contributed by atoms with van der Waals surface area (Å²) in [7, 11) is -4.02. The van der Waals surface area contributed by atoms with Gasteiger partial charge in [-0.1, -0.05) is 34.8 Å². The van der Waals surface area contributed by atoms with Gasteiger partial charge in [0.1, 0.15) is 0 Å². The Morgan fingerprint density at radius 2 is 1.68 bits per heavy atom. The van der Waals surface area contributed by atoms with E-state index in [9.17, 15) is 13.2 Å². The second-order valence-corrected chi connectivity index (χ2v) is 7.11. The molecule has 116 valence electrons. The van der Waals surface area contributed by atoms with Crippen LogP contribution < -0.4 is 4.72 Å². The van der Waals surface area contributed by atoms with E-state index in [1.165, 1.54) is 30.3 Å². The fraction of sp³-hybridized carbons (Fsp3) is 0. The highest BCUT2D eigenvalue weighted by Gasteiger charge is 2.19. The molecular formula is C13H8Cl3NO4S. The molecule has 2 N–H and O–H groups in total. The Balaban J connectivity index is 2.45. The maximum absolute atomic E-state index is 12.3. The van der Waals surface area contributed by atoms with Gasteiger partial charge in [0.2, 0.25) is 0 Å². The molecule has 0 unspecified atom stereocenters. The van der Waals surface area contributed by atoms with Gasteiger partial charge < -0.3 is 5.11 Å². The molecule has 0 aliphatic rings. The molecule has 0 aliphatic heterocycles. The molecule has 2 aromatic rings. The molecule has 2 aromatic carbocycles. The van der Waals surface area contributed by atoms with Crippen LogP contribution in [0.3, 0.4) is 0 Å². The molecular weight excluding hydrogens is 373 g/mol. The Bertz CT molecular complexity index is 852. The predicted octanol–water partition coefficient (Wildman–Crippen LogP) is 4.15. The molecule has 2 rings (SSSR count). The number of hydrogen-bond acceptors (Lipinski definition) is 3. The highest BCUT2D eigenvalue weighted by atomic mass is 35.5. The van der Waals surface area contributed by atoms with Gasteiger partial charge in [-0.05, 0) is 36.4 Å². The van der Waals surface area contributed by atoms with Gasteiger partial charge in [-0.2, -0.15) is 0 Å². The minimum atomic E-state index is -4.02. The van der Waals surface area contributed by atoms with E-state index in [1.807, 2.05) is 0 Å². The van der Waals surface area contributed by atoms with Crippen LogP contribution in [0.15, 0.2) is 41.3 Å². The summed E-state index contributed by atoms with van der Waals surface area (Å²) < 4.78 is 26.8. The second kappa shape index (κ2) is 6.34. The number of halogens is 3. The Morgan fingerprint density at radius 3 is 2.27 bits per heavy atom. The summed E-state index contributed by atoms with van der Waals surface area (Å²) >= 11 is 17.2. The second-order valence-electron chi connectivity index (χ2n) is 4.18. The molecule has 0 fully saturated rings. The summed E-state index contributed by atoms with van der Waals surface area (Å²) in [4.78, 5) is 11.0. The number of carboxylic acid groups (broad SMARTS) is 1. The summed E-state index contributed by atoms with van der Waals surface area (Å²) in [6.45, 7) is 0. The third-order valence-electron chi connectivity index (χ3n) is 2.66. The minimum absolute atomic E-state index is 0.0686. The zero-order valence-electron chi connectivity index (χ0n) is 10.7. The minimum Gasteiger partial charge on any atom is -0.478 e. The lowest BCUT2D eigenvalue weighted by Crippen LogP contribution is -2.15. The van der Waals surface area contributed by atoms with Crippen LogP contribution in [0.5, 0.6) is 0 Å². The number of carboxylic acids is 1. The van der Waals surface area contributed by atoms with Crippen LogP contribution >= 0.6 is 34.8 Å². The first-order valence-electron chi connectivity index (χ1n) is 5.71. The van der Waals surface area contributed by atoms with Crippen LogP contribution in [0.1, 0.15) is 10.4 Å². The van der Waals surface area contributed by atoms with Gasteiger partial charge in [0.05, 0.1) is 26.2 Å². The molecule has 0 aliphatic carbocycles. The van der Waals surface area contributed by atoms with Gasteiger partial charge in [0, 0.05) is 5.02 Å². The normalized spacial score (nSPS) is 11.2. The molecule has 0 atom stereocenters. The first-order chi connectivity index (χ1) is 10.2. The van der Waals surface area contributed by atoms with Gasteiger partial charge in [-0.25, -0.2) is 13.2 Å². The van der Waals surface area contributed by atoms with E-state index in [0.717, 1.165) is 6.07 Å². The van der Waals surface area contributed by atoms with E-state index in [1.54, 1.807) is 0 Å². The summed E-state index contributed by atoms with van der Waals surface area (Å²) in [5, 5.41) is 9.56. The first kappa shape index (κ1) is 16.9. The Kier molecular flexibility index (Phi) is 4.87. The molecule has 0 saturated heterocycles. The fourth-order valence-corrected chi connectivity index (χ4v) is 3.27. The number of anilines is 1. The SMILES string of the molecule is O=C(O)c1cc(Cl)ccc1NS(=O)(=O)c1ccc(Cl)c(Cl)c1. The molecule has 0 aromatic heterocycles. The van der Waals surface area contributed by atoms with Crippen LogP contribution in [0.2, 0.25) is 15.1 Å². The summed E-state index contributed by atoms with van der Waals surface area (Å²) in [6.07, 6.45) is 0. The van der Waals surface area contributed by atoms with Crippen molar-refractivity contribution in [3.63, 3.8) is 0 Å². The maximum Gasteiger partial charge on any atom is 0.337 e. The molecule has 0 heterocycles. The lowest BCUT2D eigenvalue weighted by atomic mass is 10.2. The van der Waals surface area contributed by atoms with Crippen molar-refractivity contribution in [2.45, 2.75) is 4.90 Å². The van der Waals surface area contributed by atoms with Crippen molar-refractivity contribution >= 4 is 56.5 Å². The zero-order chi connectivity index (χ0) is 16.5. The first-order valence-corrected chi connectivity index (χ1v) is 8.33. The number of benzene rings is 2. The molecule has 22 heavy (non-hydrogen) atoms. The molecule has 0 saturated carbocycles.